The van der Waals surface area contributed by atoms with Crippen LogP contribution in [-0.4, -0.2) is 10.9 Å². The van der Waals surface area contributed by atoms with Crippen molar-refractivity contribution >= 4 is 33.8 Å². The van der Waals surface area contributed by atoms with Crippen LogP contribution in [0.1, 0.15) is 15.4 Å². The van der Waals surface area contributed by atoms with Crippen LogP contribution in [-0.2, 0) is 0 Å². The number of halogens is 2. The maximum Gasteiger partial charge on any atom is 0.267 e. The van der Waals surface area contributed by atoms with E-state index in [-0.39, 0.29) is 17.5 Å². The Balaban J connectivity index is 1.75. The molecule has 0 atom stereocenters. The van der Waals surface area contributed by atoms with Gasteiger partial charge in [0.25, 0.3) is 5.91 Å². The zero-order valence-electron chi connectivity index (χ0n) is 12.6. The summed E-state index contributed by atoms with van der Waals surface area (Å²) in [6, 6.07) is 11.5. The normalized spacial score (nSPS) is 10.5. The Morgan fingerprint density at radius 1 is 1.04 bits per heavy atom. The van der Waals surface area contributed by atoms with Gasteiger partial charge in [0.05, 0.1) is 5.69 Å². The highest BCUT2D eigenvalue weighted by atomic mass is 32.1. The number of nitrogens with zero attached hydrogens (tertiary/aromatic N) is 1. The molecule has 0 aliphatic heterocycles. The molecule has 1 amide bonds. The molecule has 1 heterocycles. The Bertz CT molecular complexity index is 878. The number of nitrogens with one attached hydrogen (secondary N) is 2. The van der Waals surface area contributed by atoms with E-state index in [2.05, 4.69) is 15.6 Å². The van der Waals surface area contributed by atoms with Crippen molar-refractivity contribution in [1.82, 2.24) is 4.98 Å². The number of carbonyl (C=O) groups is 1. The van der Waals surface area contributed by atoms with Gasteiger partial charge >= 0.3 is 0 Å². The maximum atomic E-state index is 13.2. The van der Waals surface area contributed by atoms with Crippen molar-refractivity contribution in [2.45, 2.75) is 6.92 Å². The first-order valence-corrected chi connectivity index (χ1v) is 7.90. The van der Waals surface area contributed by atoms with Crippen molar-refractivity contribution in [1.29, 1.82) is 0 Å². The van der Waals surface area contributed by atoms with Crippen molar-refractivity contribution in [3.05, 3.63) is 70.7 Å². The number of aryl methyl sites for hydroxylation is 1. The number of rotatable bonds is 4. The quantitative estimate of drug-likeness (QED) is 0.719. The molecule has 0 bridgehead atoms. The van der Waals surface area contributed by atoms with Crippen LogP contribution in [0.15, 0.2) is 48.5 Å². The minimum Gasteiger partial charge on any atom is -0.331 e. The summed E-state index contributed by atoms with van der Waals surface area (Å²) in [7, 11) is 0. The van der Waals surface area contributed by atoms with Crippen LogP contribution >= 0.6 is 11.3 Å². The number of aromatic nitrogens is 1. The number of anilines is 3. The van der Waals surface area contributed by atoms with Crippen molar-refractivity contribution < 1.29 is 13.6 Å². The molecular formula is C17H13F2N3OS. The predicted molar refractivity (Wildman–Crippen MR) is 90.9 cm³/mol. The van der Waals surface area contributed by atoms with Crippen molar-refractivity contribution in [3.8, 4) is 0 Å². The minimum atomic E-state index is -0.372. The van der Waals surface area contributed by atoms with Gasteiger partial charge < -0.3 is 10.6 Å². The first-order valence-electron chi connectivity index (χ1n) is 7.08. The molecule has 0 radical (unpaired) electrons. The maximum absolute atomic E-state index is 13.2. The molecule has 7 heteroatoms. The SMILES string of the molecule is Cc1nc(Nc2cccc(F)c2)sc1C(=O)Nc1ccc(F)cc1. The smallest absolute Gasteiger partial charge is 0.267 e. The predicted octanol–water partition coefficient (Wildman–Crippen LogP) is 4.73. The molecule has 3 aromatic rings. The molecule has 0 saturated heterocycles. The van der Waals surface area contributed by atoms with Gasteiger partial charge in [-0.1, -0.05) is 17.4 Å². The highest BCUT2D eigenvalue weighted by Gasteiger charge is 2.16. The highest BCUT2D eigenvalue weighted by Crippen LogP contribution is 2.26. The van der Waals surface area contributed by atoms with E-state index in [9.17, 15) is 13.6 Å². The van der Waals surface area contributed by atoms with E-state index in [1.807, 2.05) is 0 Å². The molecule has 1 aromatic heterocycles. The number of benzene rings is 2. The number of hydrogen-bond donors (Lipinski definition) is 2. The van der Waals surface area contributed by atoms with Crippen molar-refractivity contribution in [2.75, 3.05) is 10.6 Å². The molecule has 0 saturated carbocycles. The second kappa shape index (κ2) is 6.76. The number of thiazole rings is 1. The van der Waals surface area contributed by atoms with Gasteiger partial charge in [-0.3, -0.25) is 4.79 Å². The summed E-state index contributed by atoms with van der Waals surface area (Å²) in [6.45, 7) is 1.72. The van der Waals surface area contributed by atoms with Crippen LogP contribution in [0.4, 0.5) is 25.3 Å². The lowest BCUT2D eigenvalue weighted by Gasteiger charge is -2.03. The van der Waals surface area contributed by atoms with Gasteiger partial charge in [-0.25, -0.2) is 13.8 Å². The first-order chi connectivity index (χ1) is 11.5. The monoisotopic (exact) mass is 345 g/mol. The molecule has 122 valence electrons. The average molecular weight is 345 g/mol. The van der Waals surface area contributed by atoms with E-state index in [0.717, 1.165) is 11.3 Å². The highest BCUT2D eigenvalue weighted by molar-refractivity contribution is 7.17. The third-order valence-electron chi connectivity index (χ3n) is 3.18. The third kappa shape index (κ3) is 3.75. The Morgan fingerprint density at radius 3 is 2.50 bits per heavy atom. The summed E-state index contributed by atoms with van der Waals surface area (Å²) in [4.78, 5) is 17.0. The van der Waals surface area contributed by atoms with Crippen molar-refractivity contribution in [2.24, 2.45) is 0 Å². The van der Waals surface area contributed by atoms with Crippen molar-refractivity contribution in [3.63, 3.8) is 0 Å². The molecule has 0 aliphatic carbocycles. The Morgan fingerprint density at radius 2 is 1.79 bits per heavy atom. The molecule has 3 rings (SSSR count). The van der Waals surface area contributed by atoms with Crippen LogP contribution in [0.3, 0.4) is 0 Å². The molecule has 2 N–H and O–H groups in total. The fourth-order valence-electron chi connectivity index (χ4n) is 2.07. The lowest BCUT2D eigenvalue weighted by molar-refractivity contribution is 0.103. The minimum absolute atomic E-state index is 0.330. The second-order valence-electron chi connectivity index (χ2n) is 5.03. The van der Waals surface area contributed by atoms with E-state index in [1.54, 1.807) is 19.1 Å². The average Bonchev–Trinajstić information content (AvgIpc) is 2.90. The fraction of sp³-hybridized carbons (Fsp3) is 0.0588. The first kappa shape index (κ1) is 16.1. The summed E-state index contributed by atoms with van der Waals surface area (Å²) in [5.74, 6) is -1.06. The van der Waals surface area contributed by atoms with E-state index in [1.165, 1.54) is 36.4 Å². The Labute approximate surface area is 141 Å². The topological polar surface area (TPSA) is 54.0 Å². The molecule has 2 aromatic carbocycles. The third-order valence-corrected chi connectivity index (χ3v) is 4.25. The van der Waals surface area contributed by atoms with Gasteiger partial charge in [0, 0.05) is 11.4 Å². The van der Waals surface area contributed by atoms with Gasteiger partial charge in [-0.05, 0) is 49.4 Å². The molecule has 0 unspecified atom stereocenters. The zero-order chi connectivity index (χ0) is 17.1. The van der Waals surface area contributed by atoms with E-state index < -0.39 is 0 Å². The standard InChI is InChI=1S/C17H13F2N3OS/c1-10-15(16(23)21-13-7-5-11(18)6-8-13)24-17(20-10)22-14-4-2-3-12(19)9-14/h2-9H,1H3,(H,20,22)(H,21,23). The molecule has 4 nitrogen and oxygen atoms in total. The van der Waals surface area contributed by atoms with Gasteiger partial charge in [-0.15, -0.1) is 0 Å². The second-order valence-corrected chi connectivity index (χ2v) is 6.03. The van der Waals surface area contributed by atoms with Crippen LogP contribution in [0.2, 0.25) is 0 Å². The molecule has 0 fully saturated rings. The van der Waals surface area contributed by atoms with Crippen LogP contribution in [0.5, 0.6) is 0 Å². The van der Waals surface area contributed by atoms with Gasteiger partial charge in [0.15, 0.2) is 5.13 Å². The van der Waals surface area contributed by atoms with Crippen LogP contribution < -0.4 is 10.6 Å². The van der Waals surface area contributed by atoms with E-state index in [0.29, 0.717) is 27.1 Å². The van der Waals surface area contributed by atoms with Gasteiger partial charge in [0.2, 0.25) is 0 Å². The van der Waals surface area contributed by atoms with Gasteiger partial charge in [0.1, 0.15) is 16.5 Å². The number of hydrogen-bond acceptors (Lipinski definition) is 4. The lowest BCUT2D eigenvalue weighted by Crippen LogP contribution is -2.11. The van der Waals surface area contributed by atoms with E-state index >= 15 is 0 Å². The van der Waals surface area contributed by atoms with Crippen LogP contribution in [0.25, 0.3) is 0 Å². The summed E-state index contributed by atoms with van der Waals surface area (Å²) in [5, 5.41) is 6.15. The summed E-state index contributed by atoms with van der Waals surface area (Å²) >= 11 is 1.16. The summed E-state index contributed by atoms with van der Waals surface area (Å²) < 4.78 is 26.1. The largest absolute Gasteiger partial charge is 0.331 e. The van der Waals surface area contributed by atoms with E-state index in [4.69, 9.17) is 0 Å². The van der Waals surface area contributed by atoms with Gasteiger partial charge in [-0.2, -0.15) is 0 Å². The fourth-order valence-corrected chi connectivity index (χ4v) is 2.95. The molecular weight excluding hydrogens is 332 g/mol. The molecule has 0 spiro atoms. The van der Waals surface area contributed by atoms with Crippen LogP contribution in [0, 0.1) is 18.6 Å². The molecule has 24 heavy (non-hydrogen) atoms. The number of carbonyl (C=O) groups excluding carboxylic acids is 1. The Kier molecular flexibility index (Phi) is 4.52. The summed E-state index contributed by atoms with van der Waals surface area (Å²) in [5.41, 5.74) is 1.60. The molecule has 0 aliphatic rings. The summed E-state index contributed by atoms with van der Waals surface area (Å²) in [6.07, 6.45) is 0. The zero-order valence-corrected chi connectivity index (χ0v) is 13.5. The Hall–Kier alpha value is -2.80. The number of amides is 1. The lowest BCUT2D eigenvalue weighted by atomic mass is 10.3.